The van der Waals surface area contributed by atoms with E-state index in [4.69, 9.17) is 4.74 Å². The topological polar surface area (TPSA) is 138 Å². The maximum absolute atomic E-state index is 13.0. The van der Waals surface area contributed by atoms with E-state index in [0.717, 1.165) is 10.5 Å². The lowest BCUT2D eigenvalue weighted by Crippen LogP contribution is -2.48. The molecule has 174 valence electrons. The second-order valence-electron chi connectivity index (χ2n) is 8.09. The second-order valence-corrected chi connectivity index (χ2v) is 8.09. The molecule has 32 heavy (non-hydrogen) atoms. The van der Waals surface area contributed by atoms with Crippen LogP contribution >= 0.6 is 0 Å². The summed E-state index contributed by atoms with van der Waals surface area (Å²) in [6.07, 6.45) is -0.804. The molecule has 0 aliphatic rings. The van der Waals surface area contributed by atoms with E-state index in [1.54, 1.807) is 39.8 Å². The van der Waals surface area contributed by atoms with Gasteiger partial charge in [-0.05, 0) is 45.7 Å². The number of hydrogen-bond donors (Lipinski definition) is 2. The van der Waals surface area contributed by atoms with Gasteiger partial charge in [0.1, 0.15) is 31.3 Å². The summed E-state index contributed by atoms with van der Waals surface area (Å²) in [7, 11) is 1.19. The SMILES string of the molecule is COC(=O)CNC(=O)C(c1cc(C)ccc1C)N(CC#N)C(=O)CNC(=O)OC(C)(C)C. The molecule has 0 saturated heterocycles. The van der Waals surface area contributed by atoms with Crippen molar-refractivity contribution in [1.82, 2.24) is 15.5 Å². The zero-order valence-corrected chi connectivity index (χ0v) is 19.3. The van der Waals surface area contributed by atoms with Crippen molar-refractivity contribution in [2.45, 2.75) is 46.3 Å². The van der Waals surface area contributed by atoms with Crippen LogP contribution in [0.2, 0.25) is 0 Å². The average Bonchev–Trinajstić information content (AvgIpc) is 2.70. The van der Waals surface area contributed by atoms with Crippen LogP contribution in [0.5, 0.6) is 0 Å². The van der Waals surface area contributed by atoms with Crippen molar-refractivity contribution in [1.29, 1.82) is 5.26 Å². The molecule has 0 spiro atoms. The first-order chi connectivity index (χ1) is 14.9. The van der Waals surface area contributed by atoms with Gasteiger partial charge in [0.2, 0.25) is 11.8 Å². The van der Waals surface area contributed by atoms with E-state index in [1.807, 2.05) is 19.1 Å². The Bertz CT molecular complexity index is 901. The van der Waals surface area contributed by atoms with Crippen molar-refractivity contribution < 1.29 is 28.7 Å². The van der Waals surface area contributed by atoms with Gasteiger partial charge in [-0.15, -0.1) is 0 Å². The maximum Gasteiger partial charge on any atom is 0.408 e. The molecule has 1 aromatic carbocycles. The first-order valence-electron chi connectivity index (χ1n) is 9.94. The zero-order chi connectivity index (χ0) is 24.5. The molecule has 0 aromatic heterocycles. The Labute approximate surface area is 187 Å². The molecular weight excluding hydrogens is 416 g/mol. The number of nitriles is 1. The van der Waals surface area contributed by atoms with Gasteiger partial charge in [-0.3, -0.25) is 14.4 Å². The van der Waals surface area contributed by atoms with Crippen molar-refractivity contribution in [3.63, 3.8) is 0 Å². The third-order valence-electron chi connectivity index (χ3n) is 4.27. The van der Waals surface area contributed by atoms with Crippen molar-refractivity contribution in [3.8, 4) is 6.07 Å². The normalized spacial score (nSPS) is 11.5. The van der Waals surface area contributed by atoms with E-state index in [9.17, 15) is 24.4 Å². The van der Waals surface area contributed by atoms with Crippen LogP contribution in [-0.2, 0) is 23.9 Å². The number of carbonyl (C=O) groups excluding carboxylic acids is 4. The standard InChI is InChI=1S/C22H30N4O6/c1-14-7-8-15(2)16(11-14)19(20(29)24-13-18(28)31-6)26(10-9-23)17(27)12-25-21(30)32-22(3,4)5/h7-8,11,19H,10,12-13H2,1-6H3,(H,24,29)(H,25,30). The van der Waals surface area contributed by atoms with Crippen LogP contribution in [0, 0.1) is 25.2 Å². The molecule has 0 aliphatic heterocycles. The Morgan fingerprint density at radius 1 is 1.12 bits per heavy atom. The van der Waals surface area contributed by atoms with Gasteiger partial charge in [0.15, 0.2) is 0 Å². The molecule has 3 amide bonds. The second kappa shape index (κ2) is 11.7. The molecule has 1 atom stereocenters. The minimum Gasteiger partial charge on any atom is -0.468 e. The third-order valence-corrected chi connectivity index (χ3v) is 4.27. The van der Waals surface area contributed by atoms with Gasteiger partial charge in [-0.1, -0.05) is 23.8 Å². The molecule has 0 heterocycles. The average molecular weight is 447 g/mol. The Morgan fingerprint density at radius 3 is 2.34 bits per heavy atom. The van der Waals surface area contributed by atoms with E-state index in [-0.39, 0.29) is 0 Å². The summed E-state index contributed by atoms with van der Waals surface area (Å²) in [5.74, 6) is -2.00. The Kier molecular flexibility index (Phi) is 9.66. The minimum absolute atomic E-state index is 0.401. The van der Waals surface area contributed by atoms with E-state index < -0.39 is 55.2 Å². The Balaban J connectivity index is 3.23. The third kappa shape index (κ3) is 8.26. The molecule has 0 aliphatic carbocycles. The molecule has 1 rings (SSSR count). The van der Waals surface area contributed by atoms with Gasteiger partial charge in [0.05, 0.1) is 13.2 Å². The minimum atomic E-state index is -1.20. The maximum atomic E-state index is 13.0. The predicted molar refractivity (Wildman–Crippen MR) is 115 cm³/mol. The molecule has 0 saturated carbocycles. The fourth-order valence-corrected chi connectivity index (χ4v) is 2.80. The van der Waals surface area contributed by atoms with Gasteiger partial charge >= 0.3 is 12.1 Å². The van der Waals surface area contributed by atoms with Gasteiger partial charge < -0.3 is 25.0 Å². The highest BCUT2D eigenvalue weighted by Gasteiger charge is 2.33. The van der Waals surface area contributed by atoms with E-state index in [2.05, 4.69) is 15.4 Å². The molecule has 1 aromatic rings. The van der Waals surface area contributed by atoms with Crippen molar-refractivity contribution >= 4 is 23.9 Å². The number of methoxy groups -OCH3 is 1. The van der Waals surface area contributed by atoms with Crippen molar-refractivity contribution in [3.05, 3.63) is 34.9 Å². The number of ether oxygens (including phenoxy) is 2. The quantitative estimate of drug-likeness (QED) is 0.456. The van der Waals surface area contributed by atoms with Crippen LogP contribution in [0.15, 0.2) is 18.2 Å². The van der Waals surface area contributed by atoms with Crippen LogP contribution in [-0.4, -0.2) is 61.1 Å². The number of amides is 3. The Morgan fingerprint density at radius 2 is 1.78 bits per heavy atom. The van der Waals surface area contributed by atoms with Crippen molar-refractivity contribution in [2.75, 3.05) is 26.7 Å². The highest BCUT2D eigenvalue weighted by Crippen LogP contribution is 2.25. The summed E-state index contributed by atoms with van der Waals surface area (Å²) in [6.45, 7) is 7.33. The lowest BCUT2D eigenvalue weighted by Gasteiger charge is -2.30. The number of carbonyl (C=O) groups is 4. The number of alkyl carbamates (subject to hydrolysis) is 1. The number of nitrogens with zero attached hydrogens (tertiary/aromatic N) is 2. The Hall–Kier alpha value is -3.61. The zero-order valence-electron chi connectivity index (χ0n) is 19.3. The molecular formula is C22H30N4O6. The van der Waals surface area contributed by atoms with Crippen LogP contribution in [0.3, 0.4) is 0 Å². The lowest BCUT2D eigenvalue weighted by molar-refractivity contribution is -0.143. The summed E-state index contributed by atoms with van der Waals surface area (Å²) in [5.41, 5.74) is 1.29. The summed E-state index contributed by atoms with van der Waals surface area (Å²) in [5, 5.41) is 14.1. The number of nitrogens with one attached hydrogen (secondary N) is 2. The van der Waals surface area contributed by atoms with Crippen molar-refractivity contribution in [2.24, 2.45) is 0 Å². The van der Waals surface area contributed by atoms with E-state index in [0.29, 0.717) is 11.1 Å². The molecule has 0 fully saturated rings. The lowest BCUT2D eigenvalue weighted by atomic mass is 9.96. The largest absolute Gasteiger partial charge is 0.468 e. The molecule has 10 heteroatoms. The van der Waals surface area contributed by atoms with Crippen LogP contribution in [0.1, 0.15) is 43.5 Å². The smallest absolute Gasteiger partial charge is 0.408 e. The number of rotatable bonds is 8. The highest BCUT2D eigenvalue weighted by molar-refractivity contribution is 5.92. The van der Waals surface area contributed by atoms with Gasteiger partial charge in [0.25, 0.3) is 0 Å². The number of aryl methyl sites for hydroxylation is 2. The summed E-state index contributed by atoms with van der Waals surface area (Å²) in [6, 6.07) is 6.05. The fraction of sp³-hybridized carbons (Fsp3) is 0.500. The molecule has 0 bridgehead atoms. The van der Waals surface area contributed by atoms with Crippen LogP contribution < -0.4 is 10.6 Å². The highest BCUT2D eigenvalue weighted by atomic mass is 16.6. The van der Waals surface area contributed by atoms with E-state index >= 15 is 0 Å². The monoisotopic (exact) mass is 446 g/mol. The van der Waals surface area contributed by atoms with Gasteiger partial charge in [0, 0.05) is 0 Å². The van der Waals surface area contributed by atoms with Gasteiger partial charge in [-0.2, -0.15) is 5.26 Å². The molecule has 10 nitrogen and oxygen atoms in total. The first kappa shape index (κ1) is 26.4. The van der Waals surface area contributed by atoms with Crippen LogP contribution in [0.25, 0.3) is 0 Å². The number of esters is 1. The van der Waals surface area contributed by atoms with Crippen LogP contribution in [0.4, 0.5) is 4.79 Å². The van der Waals surface area contributed by atoms with E-state index in [1.165, 1.54) is 7.11 Å². The number of hydrogen-bond acceptors (Lipinski definition) is 7. The summed E-state index contributed by atoms with van der Waals surface area (Å²) >= 11 is 0. The first-order valence-corrected chi connectivity index (χ1v) is 9.94. The molecule has 2 N–H and O–H groups in total. The molecule has 0 radical (unpaired) electrons. The fourth-order valence-electron chi connectivity index (χ4n) is 2.80. The summed E-state index contributed by atoms with van der Waals surface area (Å²) in [4.78, 5) is 50.4. The van der Waals surface area contributed by atoms with Gasteiger partial charge in [-0.25, -0.2) is 4.79 Å². The molecule has 1 unspecified atom stereocenters. The summed E-state index contributed by atoms with van der Waals surface area (Å²) < 4.78 is 9.66. The predicted octanol–water partition coefficient (Wildman–Crippen LogP) is 1.51. The number of benzene rings is 1.